The van der Waals surface area contributed by atoms with Crippen LogP contribution in [0.4, 0.5) is 0 Å². The molecule has 3 nitrogen and oxygen atoms in total. The van der Waals surface area contributed by atoms with Crippen LogP contribution in [0, 0.1) is 0 Å². The molecule has 1 aliphatic rings. The molecule has 0 bridgehead atoms. The fraction of sp³-hybridized carbons (Fsp3) is 0.353. The second-order valence-corrected chi connectivity index (χ2v) is 4.98. The van der Waals surface area contributed by atoms with Gasteiger partial charge in [0.25, 0.3) is 0 Å². The minimum absolute atomic E-state index is 0.476. The Morgan fingerprint density at radius 3 is 3.10 bits per heavy atom. The standard InChI is InChI=1S/C17H23N3/c1-4-7-17(19-5-2)15-9-6-8-13-11-20-14(12-18-3)10-16(13)15/h4-9,14,18,20H,2,10-12H2,1,3H3/b7-4-,19-17?. The molecule has 1 aromatic rings. The lowest BCUT2D eigenvalue weighted by atomic mass is 9.89. The molecule has 1 aliphatic heterocycles. The van der Waals surface area contributed by atoms with E-state index in [4.69, 9.17) is 0 Å². The van der Waals surface area contributed by atoms with Crippen LogP contribution in [-0.4, -0.2) is 25.3 Å². The third-order valence-electron chi connectivity index (χ3n) is 3.59. The molecule has 2 rings (SSSR count). The predicted molar refractivity (Wildman–Crippen MR) is 86.2 cm³/mol. The van der Waals surface area contributed by atoms with Crippen molar-refractivity contribution in [2.75, 3.05) is 13.6 Å². The van der Waals surface area contributed by atoms with E-state index in [1.54, 1.807) is 6.20 Å². The fourth-order valence-electron chi connectivity index (χ4n) is 2.70. The van der Waals surface area contributed by atoms with Gasteiger partial charge in [-0.1, -0.05) is 30.9 Å². The first kappa shape index (κ1) is 14.7. The van der Waals surface area contributed by atoms with Crippen molar-refractivity contribution in [3.8, 4) is 0 Å². The molecule has 0 saturated heterocycles. The number of allylic oxidation sites excluding steroid dienone is 2. The van der Waals surface area contributed by atoms with E-state index in [0.717, 1.165) is 25.2 Å². The minimum Gasteiger partial charge on any atom is -0.318 e. The second kappa shape index (κ2) is 7.17. The third kappa shape index (κ3) is 3.24. The summed E-state index contributed by atoms with van der Waals surface area (Å²) in [5.74, 6) is 0. The lowest BCUT2D eigenvalue weighted by molar-refractivity contribution is 0.462. The molecule has 20 heavy (non-hydrogen) atoms. The van der Waals surface area contributed by atoms with Crippen LogP contribution in [-0.2, 0) is 13.0 Å². The van der Waals surface area contributed by atoms with Gasteiger partial charge in [-0.05, 0) is 37.6 Å². The maximum Gasteiger partial charge on any atom is 0.0701 e. The summed E-state index contributed by atoms with van der Waals surface area (Å²) in [6, 6.07) is 6.94. The quantitative estimate of drug-likeness (QED) is 0.806. The first-order chi connectivity index (χ1) is 9.80. The largest absolute Gasteiger partial charge is 0.318 e. The molecule has 1 atom stereocenters. The molecule has 3 heteroatoms. The van der Waals surface area contributed by atoms with Crippen molar-refractivity contribution >= 4 is 5.71 Å². The molecule has 1 heterocycles. The Kier molecular flexibility index (Phi) is 5.27. The smallest absolute Gasteiger partial charge is 0.0701 e. The topological polar surface area (TPSA) is 36.4 Å². The van der Waals surface area contributed by atoms with Gasteiger partial charge in [-0.25, -0.2) is 0 Å². The molecule has 1 aromatic carbocycles. The zero-order valence-corrected chi connectivity index (χ0v) is 12.3. The average molecular weight is 269 g/mol. The Morgan fingerprint density at radius 2 is 2.40 bits per heavy atom. The van der Waals surface area contributed by atoms with Gasteiger partial charge in [0, 0.05) is 30.9 Å². The van der Waals surface area contributed by atoms with Gasteiger partial charge in [-0.15, -0.1) is 0 Å². The Morgan fingerprint density at radius 1 is 1.55 bits per heavy atom. The van der Waals surface area contributed by atoms with Crippen LogP contribution in [0.5, 0.6) is 0 Å². The predicted octanol–water partition coefficient (Wildman–Crippen LogP) is 2.43. The van der Waals surface area contributed by atoms with Gasteiger partial charge in [0.05, 0.1) is 5.71 Å². The first-order valence-corrected chi connectivity index (χ1v) is 7.10. The number of hydrogen-bond acceptors (Lipinski definition) is 3. The SMILES string of the molecule is C=CN=C(/C=C\C)c1cccc2c1CC(CNC)NC2. The number of nitrogens with zero attached hydrogens (tertiary/aromatic N) is 1. The lowest BCUT2D eigenvalue weighted by Gasteiger charge is -2.28. The van der Waals surface area contributed by atoms with E-state index in [1.165, 1.54) is 16.7 Å². The molecule has 1 unspecified atom stereocenters. The van der Waals surface area contributed by atoms with Gasteiger partial charge in [0.2, 0.25) is 0 Å². The maximum atomic E-state index is 4.42. The van der Waals surface area contributed by atoms with Crippen molar-refractivity contribution in [3.05, 3.63) is 59.8 Å². The summed E-state index contributed by atoms with van der Waals surface area (Å²) in [6.45, 7) is 7.64. The van der Waals surface area contributed by atoms with Gasteiger partial charge in [0.1, 0.15) is 0 Å². The number of hydrogen-bond donors (Lipinski definition) is 2. The molecule has 0 amide bonds. The average Bonchev–Trinajstić information content (AvgIpc) is 2.47. The molecule has 0 radical (unpaired) electrons. The second-order valence-electron chi connectivity index (χ2n) is 4.98. The van der Waals surface area contributed by atoms with Crippen molar-refractivity contribution in [2.24, 2.45) is 4.99 Å². The van der Waals surface area contributed by atoms with Gasteiger partial charge in [0.15, 0.2) is 0 Å². The number of likely N-dealkylation sites (N-methyl/N-ethyl adjacent to an activating group) is 1. The van der Waals surface area contributed by atoms with Crippen molar-refractivity contribution in [1.82, 2.24) is 10.6 Å². The summed E-state index contributed by atoms with van der Waals surface area (Å²) in [4.78, 5) is 4.42. The van der Waals surface area contributed by atoms with Crippen LogP contribution in [0.2, 0.25) is 0 Å². The number of nitrogens with one attached hydrogen (secondary N) is 2. The van der Waals surface area contributed by atoms with Crippen LogP contribution in [0.3, 0.4) is 0 Å². The van der Waals surface area contributed by atoms with E-state index in [2.05, 4.69) is 40.4 Å². The summed E-state index contributed by atoms with van der Waals surface area (Å²) in [7, 11) is 1.99. The molecule has 0 aliphatic carbocycles. The Hall–Kier alpha value is -1.71. The lowest BCUT2D eigenvalue weighted by Crippen LogP contribution is -2.42. The van der Waals surface area contributed by atoms with Gasteiger partial charge < -0.3 is 10.6 Å². The zero-order chi connectivity index (χ0) is 14.4. The minimum atomic E-state index is 0.476. The Bertz CT molecular complexity index is 529. The van der Waals surface area contributed by atoms with Crippen molar-refractivity contribution < 1.29 is 0 Å². The van der Waals surface area contributed by atoms with Crippen LogP contribution in [0.25, 0.3) is 0 Å². The van der Waals surface area contributed by atoms with E-state index in [1.807, 2.05) is 26.1 Å². The maximum absolute atomic E-state index is 4.42. The molecule has 0 aromatic heterocycles. The Labute approximate surface area is 121 Å². The highest BCUT2D eigenvalue weighted by molar-refractivity contribution is 6.10. The normalized spacial score (nSPS) is 19.1. The highest BCUT2D eigenvalue weighted by Crippen LogP contribution is 2.22. The summed E-state index contributed by atoms with van der Waals surface area (Å²) in [5.41, 5.74) is 4.99. The molecule has 0 spiro atoms. The number of fused-ring (bicyclic) bond motifs is 1. The van der Waals surface area contributed by atoms with E-state index < -0.39 is 0 Å². The van der Waals surface area contributed by atoms with E-state index in [-0.39, 0.29) is 0 Å². The summed E-state index contributed by atoms with van der Waals surface area (Å²) in [5, 5.41) is 6.81. The number of rotatable bonds is 5. The van der Waals surface area contributed by atoms with Crippen molar-refractivity contribution in [3.63, 3.8) is 0 Å². The molecule has 0 fully saturated rings. The first-order valence-electron chi connectivity index (χ1n) is 7.10. The monoisotopic (exact) mass is 269 g/mol. The number of aliphatic imine (C=N–C) groups is 1. The van der Waals surface area contributed by atoms with E-state index in [0.29, 0.717) is 6.04 Å². The molecular formula is C17H23N3. The zero-order valence-electron chi connectivity index (χ0n) is 12.3. The fourth-order valence-corrected chi connectivity index (χ4v) is 2.70. The van der Waals surface area contributed by atoms with Crippen molar-refractivity contribution in [2.45, 2.75) is 25.9 Å². The van der Waals surface area contributed by atoms with Gasteiger partial charge in [-0.3, -0.25) is 4.99 Å². The van der Waals surface area contributed by atoms with Crippen LogP contribution in [0.15, 0.2) is 48.1 Å². The Balaban J connectivity index is 2.40. The number of benzene rings is 1. The molecule has 2 N–H and O–H groups in total. The molecule has 106 valence electrons. The third-order valence-corrected chi connectivity index (χ3v) is 3.59. The van der Waals surface area contributed by atoms with E-state index in [9.17, 15) is 0 Å². The highest BCUT2D eigenvalue weighted by atomic mass is 15.0. The van der Waals surface area contributed by atoms with E-state index >= 15 is 0 Å². The van der Waals surface area contributed by atoms with Gasteiger partial charge in [-0.2, -0.15) is 0 Å². The molecule has 0 saturated carbocycles. The summed E-state index contributed by atoms with van der Waals surface area (Å²) in [6.07, 6.45) is 6.71. The van der Waals surface area contributed by atoms with Crippen LogP contribution < -0.4 is 10.6 Å². The summed E-state index contributed by atoms with van der Waals surface area (Å²) < 4.78 is 0. The van der Waals surface area contributed by atoms with Crippen molar-refractivity contribution in [1.29, 1.82) is 0 Å². The van der Waals surface area contributed by atoms with Crippen LogP contribution >= 0.6 is 0 Å². The summed E-state index contributed by atoms with van der Waals surface area (Å²) >= 11 is 0. The van der Waals surface area contributed by atoms with Gasteiger partial charge >= 0.3 is 0 Å². The molecular weight excluding hydrogens is 246 g/mol. The highest BCUT2D eigenvalue weighted by Gasteiger charge is 2.20. The van der Waals surface area contributed by atoms with Crippen LogP contribution in [0.1, 0.15) is 23.6 Å².